The molecule has 0 fully saturated rings. The number of hydrogen-bond acceptors (Lipinski definition) is 2. The van der Waals surface area contributed by atoms with E-state index in [-0.39, 0.29) is 7.43 Å². The summed E-state index contributed by atoms with van der Waals surface area (Å²) in [6, 6.07) is 0. The molecule has 0 aromatic rings. The normalized spacial score (nSPS) is 2.33. The van der Waals surface area contributed by atoms with Crippen LogP contribution >= 0.6 is 47.0 Å². The van der Waals surface area contributed by atoms with E-state index in [0.29, 0.717) is 0 Å². The van der Waals surface area contributed by atoms with Gasteiger partial charge in [0.25, 0.3) is 0 Å². The van der Waals surface area contributed by atoms with E-state index in [1.54, 1.807) is 0 Å². The van der Waals surface area contributed by atoms with Crippen molar-refractivity contribution in [1.29, 1.82) is 0 Å². The van der Waals surface area contributed by atoms with Crippen LogP contribution in [0.15, 0.2) is 0 Å². The van der Waals surface area contributed by atoms with Gasteiger partial charge in [-0.25, -0.2) is 0 Å². The van der Waals surface area contributed by atoms with Gasteiger partial charge in [0.2, 0.25) is 0 Å². The Balaban J connectivity index is -0.0000000275. The fourth-order valence-electron chi connectivity index (χ4n) is 0. The molecule has 0 unspecified atom stereocenters. The predicted molar refractivity (Wildman–Crippen MR) is 46.9 cm³/mol. The molecule has 0 saturated heterocycles. The Kier molecular flexibility index (Phi) is 101. The van der Waals surface area contributed by atoms with Crippen LogP contribution in [-0.2, 0) is 0 Å². The Hall–Kier alpha value is 0.950. The maximum atomic E-state index is 3.96. The Morgan fingerprint density at radius 1 is 1.33 bits per heavy atom. The molecule has 0 bridgehead atoms. The summed E-state index contributed by atoms with van der Waals surface area (Å²) in [5.74, 6) is 0. The summed E-state index contributed by atoms with van der Waals surface area (Å²) < 4.78 is 1.92. The van der Waals surface area contributed by atoms with Crippen LogP contribution in [0.5, 0.6) is 0 Å². The summed E-state index contributed by atoms with van der Waals surface area (Å²) in [5.41, 5.74) is 0. The van der Waals surface area contributed by atoms with Gasteiger partial charge >= 0.3 is 0 Å². The van der Waals surface area contributed by atoms with Crippen LogP contribution in [0.3, 0.4) is 0 Å². The van der Waals surface area contributed by atoms with Gasteiger partial charge in [0, 0.05) is 4.31 Å². The minimum atomic E-state index is 0. The predicted octanol–water partition coefficient (Wildman–Crippen LogP) is 2.71. The van der Waals surface area contributed by atoms with Gasteiger partial charge in [0.15, 0.2) is 0 Å². The quantitative estimate of drug-likeness (QED) is 0.359. The van der Waals surface area contributed by atoms with E-state index in [1.165, 1.54) is 0 Å². The highest BCUT2D eigenvalue weighted by Gasteiger charge is 1.01. The zero-order valence-electron chi connectivity index (χ0n) is 2.69. The van der Waals surface area contributed by atoms with E-state index < -0.39 is 0 Å². The lowest BCUT2D eigenvalue weighted by Crippen LogP contribution is -0.917. The number of rotatable bonds is 0. The molecule has 0 amide bonds. The lowest BCUT2D eigenvalue weighted by Gasteiger charge is -1.05. The minimum absolute atomic E-state index is 0. The summed E-state index contributed by atoms with van der Waals surface area (Å²) in [4.78, 5) is 1.97. The molecular weight excluding hydrogens is 227 g/mol. The molecule has 0 heterocycles. The number of hydrogen-bond donors (Lipinski definition) is 0. The molecule has 0 saturated carbocycles. The number of thiocarbonyl (C=S) groups is 2. The summed E-state index contributed by atoms with van der Waals surface area (Å²) in [6.45, 7) is 0. The van der Waals surface area contributed by atoms with Gasteiger partial charge in [0.05, 0.1) is 0 Å². The SMILES string of the molecule is C.CI.S=C=S. The molecule has 0 aliphatic rings. The van der Waals surface area contributed by atoms with Gasteiger partial charge in [0.1, 0.15) is 0 Å². The first-order valence-corrected chi connectivity index (χ1v) is 3.76. The third kappa shape index (κ3) is 85.6. The van der Waals surface area contributed by atoms with Crippen molar-refractivity contribution in [3.05, 3.63) is 0 Å². The van der Waals surface area contributed by atoms with Crippen molar-refractivity contribution in [2.45, 2.75) is 7.43 Å². The highest BCUT2D eigenvalue weighted by molar-refractivity contribution is 14.1. The third-order valence-electron chi connectivity index (χ3n) is 0. The molecule has 38 valence electrons. The third-order valence-corrected chi connectivity index (χ3v) is 0. The molecule has 0 aromatic heterocycles. The molecule has 0 spiro atoms. The first-order valence-electron chi connectivity index (χ1n) is 0.786. The van der Waals surface area contributed by atoms with Crippen molar-refractivity contribution in [3.63, 3.8) is 0 Å². The molecule has 0 rings (SSSR count). The average Bonchev–Trinajstić information content (AvgIpc) is 1.46. The van der Waals surface area contributed by atoms with Crippen LogP contribution in [0.25, 0.3) is 0 Å². The molecule has 0 radical (unpaired) electrons. The molecular formula is C3H7IS2. The second-order valence-electron chi connectivity index (χ2n) is 0.0833. The second kappa shape index (κ2) is 38.3. The van der Waals surface area contributed by atoms with Gasteiger partial charge in [-0.3, -0.25) is 0 Å². The first-order chi connectivity index (χ1) is 2.41. The van der Waals surface area contributed by atoms with E-state index in [0.717, 1.165) is 0 Å². The van der Waals surface area contributed by atoms with Crippen LogP contribution in [0.1, 0.15) is 7.43 Å². The van der Waals surface area contributed by atoms with Crippen molar-refractivity contribution in [3.8, 4) is 0 Å². The molecule has 6 heavy (non-hydrogen) atoms. The second-order valence-corrected chi connectivity index (χ2v) is 0.750. The fraction of sp³-hybridized carbons (Fsp3) is 0.667. The van der Waals surface area contributed by atoms with E-state index >= 15 is 0 Å². The summed E-state index contributed by atoms with van der Waals surface area (Å²) in [7, 11) is 0. The maximum Gasteiger partial charge on any atom is 0.0297 e. The summed E-state index contributed by atoms with van der Waals surface area (Å²) >= 11 is 10.1. The molecule has 0 aromatic carbocycles. The van der Waals surface area contributed by atoms with Crippen LogP contribution in [-0.4, -0.2) is 9.24 Å². The van der Waals surface area contributed by atoms with Gasteiger partial charge in [-0.2, -0.15) is 0 Å². The van der Waals surface area contributed by atoms with Crippen molar-refractivity contribution < 1.29 is 0 Å². The largest absolute Gasteiger partial charge is 0.0901 e. The van der Waals surface area contributed by atoms with E-state index in [1.807, 2.05) is 9.24 Å². The lowest BCUT2D eigenvalue weighted by molar-refractivity contribution is 2.50. The first kappa shape index (κ1) is 15.8. The van der Waals surface area contributed by atoms with E-state index in [4.69, 9.17) is 0 Å². The maximum absolute atomic E-state index is 3.96. The van der Waals surface area contributed by atoms with Crippen molar-refractivity contribution in [2.24, 2.45) is 0 Å². The monoisotopic (exact) mass is 234 g/mol. The Labute approximate surface area is 63.5 Å². The highest BCUT2D eigenvalue weighted by Crippen LogP contribution is 1.48. The molecule has 0 N–H and O–H groups in total. The Morgan fingerprint density at radius 3 is 1.33 bits per heavy atom. The zero-order chi connectivity index (χ0) is 4.71. The fourth-order valence-corrected chi connectivity index (χ4v) is 0. The van der Waals surface area contributed by atoms with Crippen LogP contribution < -0.4 is 0 Å². The van der Waals surface area contributed by atoms with Gasteiger partial charge in [-0.1, -0.05) is 30.0 Å². The Morgan fingerprint density at radius 2 is 1.33 bits per heavy atom. The summed E-state index contributed by atoms with van der Waals surface area (Å²) in [6.07, 6.45) is 0. The topological polar surface area (TPSA) is 0 Å². The van der Waals surface area contributed by atoms with E-state index in [2.05, 4.69) is 47.0 Å². The number of alkyl halides is 1. The molecule has 3 heteroatoms. The van der Waals surface area contributed by atoms with Crippen molar-refractivity contribution in [2.75, 3.05) is 4.93 Å². The van der Waals surface area contributed by atoms with Crippen LogP contribution in [0.2, 0.25) is 0 Å². The highest BCUT2D eigenvalue weighted by atomic mass is 127. The summed E-state index contributed by atoms with van der Waals surface area (Å²) in [5, 5.41) is 0. The van der Waals surface area contributed by atoms with Gasteiger partial charge in [-0.15, -0.1) is 0 Å². The van der Waals surface area contributed by atoms with Crippen molar-refractivity contribution in [1.82, 2.24) is 0 Å². The smallest absolute Gasteiger partial charge is 0.0297 e. The average molecular weight is 234 g/mol. The Bertz CT molecular complexity index is 29.8. The zero-order valence-corrected chi connectivity index (χ0v) is 6.48. The molecule has 0 aliphatic heterocycles. The van der Waals surface area contributed by atoms with Crippen LogP contribution in [0, 0.1) is 0 Å². The van der Waals surface area contributed by atoms with Crippen LogP contribution in [0.4, 0.5) is 0 Å². The van der Waals surface area contributed by atoms with Gasteiger partial charge < -0.3 is 0 Å². The molecule has 0 nitrogen and oxygen atoms in total. The number of halogens is 1. The molecule has 0 aliphatic carbocycles. The van der Waals surface area contributed by atoms with E-state index in [9.17, 15) is 0 Å². The lowest BCUT2D eigenvalue weighted by atomic mass is 12.0. The minimum Gasteiger partial charge on any atom is -0.0901 e. The molecule has 0 atom stereocenters. The van der Waals surface area contributed by atoms with Gasteiger partial charge in [-0.05, 0) is 29.4 Å². The van der Waals surface area contributed by atoms with Crippen molar-refractivity contribution >= 4 is 51.3 Å². The standard InChI is InChI=1S/CH3I.CS2.CH4/c1-2;2-1-3;/h1H3;;1H4.